The third-order valence-electron chi connectivity index (χ3n) is 4.29. The first-order valence-corrected chi connectivity index (χ1v) is 11.9. The summed E-state index contributed by atoms with van der Waals surface area (Å²) in [6.45, 7) is 5.37. The fourth-order valence-electron chi connectivity index (χ4n) is 3.12. The maximum Gasteiger partial charge on any atom is 0.241 e. The molecule has 2 atom stereocenters. The zero-order valence-corrected chi connectivity index (χ0v) is 19.2. The first-order valence-electron chi connectivity index (χ1n) is 9.62. The van der Waals surface area contributed by atoms with E-state index >= 15 is 0 Å². The lowest BCUT2D eigenvalue weighted by Crippen LogP contribution is -2.27. The van der Waals surface area contributed by atoms with Gasteiger partial charge in [-0.3, -0.25) is 4.72 Å². The Morgan fingerprint density at radius 3 is 2.19 bits per heavy atom. The fraction of sp³-hybridized carbons (Fsp3) is 0.526. The molecule has 0 saturated carbocycles. The fourth-order valence-corrected chi connectivity index (χ4v) is 3.73. The second kappa shape index (κ2) is 10.5. The standard InChI is InChI=1S/C19H26ClF2N5O3S/c1-10(2)5-13(9-28)23-18-24-16(25-19(26-18)27-31(4,29)30)6-11(3)17-14(21)7-12(20)8-15(17)22/h7-8,10-11,13,28H,5-6,9H2,1-4H3,(H2,23,24,25,26,27)/t11?,13-/m1/s1. The molecule has 0 amide bonds. The summed E-state index contributed by atoms with van der Waals surface area (Å²) in [5.74, 6) is -2.07. The highest BCUT2D eigenvalue weighted by Crippen LogP contribution is 2.28. The summed E-state index contributed by atoms with van der Waals surface area (Å²) < 4.78 is 54.0. The first-order chi connectivity index (χ1) is 14.4. The van der Waals surface area contributed by atoms with Crippen LogP contribution in [-0.4, -0.2) is 47.4 Å². The lowest BCUT2D eigenvalue weighted by molar-refractivity contribution is 0.259. The van der Waals surface area contributed by atoms with Crippen LogP contribution in [0.15, 0.2) is 12.1 Å². The Morgan fingerprint density at radius 2 is 1.68 bits per heavy atom. The quantitative estimate of drug-likeness (QED) is 0.480. The third kappa shape index (κ3) is 7.82. The molecule has 1 unspecified atom stereocenters. The highest BCUT2D eigenvalue weighted by atomic mass is 35.5. The largest absolute Gasteiger partial charge is 0.394 e. The molecule has 1 heterocycles. The number of hydrogen-bond donors (Lipinski definition) is 3. The number of benzene rings is 1. The van der Waals surface area contributed by atoms with Crippen molar-refractivity contribution in [1.82, 2.24) is 15.0 Å². The van der Waals surface area contributed by atoms with Crippen LogP contribution in [0.3, 0.4) is 0 Å². The van der Waals surface area contributed by atoms with Crippen molar-refractivity contribution in [1.29, 1.82) is 0 Å². The van der Waals surface area contributed by atoms with Gasteiger partial charge in [-0.1, -0.05) is 32.4 Å². The van der Waals surface area contributed by atoms with Gasteiger partial charge in [0, 0.05) is 17.0 Å². The highest BCUT2D eigenvalue weighted by Gasteiger charge is 2.21. The predicted molar refractivity (Wildman–Crippen MR) is 116 cm³/mol. The second-order valence-electron chi connectivity index (χ2n) is 7.81. The van der Waals surface area contributed by atoms with Gasteiger partial charge >= 0.3 is 0 Å². The molecule has 1 aromatic carbocycles. The summed E-state index contributed by atoms with van der Waals surface area (Å²) in [6.07, 6.45) is 1.56. The lowest BCUT2D eigenvalue weighted by Gasteiger charge is -2.19. The molecule has 0 aliphatic rings. The van der Waals surface area contributed by atoms with Gasteiger partial charge < -0.3 is 10.4 Å². The monoisotopic (exact) mass is 477 g/mol. The molecule has 12 heteroatoms. The van der Waals surface area contributed by atoms with E-state index in [1.165, 1.54) is 0 Å². The molecule has 0 saturated heterocycles. The zero-order chi connectivity index (χ0) is 23.3. The number of nitrogens with one attached hydrogen (secondary N) is 2. The summed E-state index contributed by atoms with van der Waals surface area (Å²) in [5, 5.41) is 12.5. The molecule has 172 valence electrons. The van der Waals surface area contributed by atoms with E-state index in [4.69, 9.17) is 11.6 Å². The predicted octanol–water partition coefficient (Wildman–Crippen LogP) is 3.34. The van der Waals surface area contributed by atoms with E-state index in [0.29, 0.717) is 6.42 Å². The maximum absolute atomic E-state index is 14.3. The number of anilines is 2. The molecule has 8 nitrogen and oxygen atoms in total. The van der Waals surface area contributed by atoms with Crippen molar-refractivity contribution in [3.05, 3.63) is 40.2 Å². The minimum Gasteiger partial charge on any atom is -0.394 e. The van der Waals surface area contributed by atoms with Gasteiger partial charge in [0.25, 0.3) is 0 Å². The smallest absolute Gasteiger partial charge is 0.241 e. The molecule has 0 fully saturated rings. The Morgan fingerprint density at radius 1 is 1.10 bits per heavy atom. The van der Waals surface area contributed by atoms with Crippen molar-refractivity contribution < 1.29 is 22.3 Å². The van der Waals surface area contributed by atoms with E-state index in [0.717, 1.165) is 18.4 Å². The van der Waals surface area contributed by atoms with Crippen LogP contribution in [0.4, 0.5) is 20.7 Å². The number of aromatic nitrogens is 3. The van der Waals surface area contributed by atoms with Crippen molar-refractivity contribution >= 4 is 33.5 Å². The van der Waals surface area contributed by atoms with Crippen molar-refractivity contribution in [2.45, 2.75) is 45.6 Å². The van der Waals surface area contributed by atoms with Gasteiger partial charge in [-0.05, 0) is 30.4 Å². The minimum atomic E-state index is -3.68. The van der Waals surface area contributed by atoms with Gasteiger partial charge in [0.2, 0.25) is 21.9 Å². The van der Waals surface area contributed by atoms with Gasteiger partial charge in [-0.15, -0.1) is 0 Å². The van der Waals surface area contributed by atoms with Crippen LogP contribution in [0, 0.1) is 17.6 Å². The molecule has 31 heavy (non-hydrogen) atoms. The van der Waals surface area contributed by atoms with Gasteiger partial charge in [0.1, 0.15) is 17.5 Å². The Bertz CT molecular complexity index is 1000. The normalized spacial score (nSPS) is 13.8. The molecule has 0 aliphatic carbocycles. The summed E-state index contributed by atoms with van der Waals surface area (Å²) in [6, 6.07) is 1.67. The molecule has 0 radical (unpaired) electrons. The first kappa shape index (κ1) is 25.2. The van der Waals surface area contributed by atoms with Crippen LogP contribution < -0.4 is 10.0 Å². The summed E-state index contributed by atoms with van der Waals surface area (Å²) in [7, 11) is -3.68. The summed E-state index contributed by atoms with van der Waals surface area (Å²) in [5.41, 5.74) is -0.176. The van der Waals surface area contributed by atoms with Gasteiger partial charge in [-0.2, -0.15) is 15.0 Å². The number of aliphatic hydroxyl groups is 1. The molecule has 0 aliphatic heterocycles. The van der Waals surface area contributed by atoms with Crippen LogP contribution >= 0.6 is 11.6 Å². The Hall–Kier alpha value is -2.11. The summed E-state index contributed by atoms with van der Waals surface area (Å²) in [4.78, 5) is 12.4. The number of halogens is 3. The molecular weight excluding hydrogens is 452 g/mol. The van der Waals surface area contributed by atoms with Crippen molar-refractivity contribution in [2.75, 3.05) is 22.9 Å². The van der Waals surface area contributed by atoms with E-state index in [2.05, 4.69) is 25.0 Å². The van der Waals surface area contributed by atoms with Crippen LogP contribution in [0.5, 0.6) is 0 Å². The Balaban J connectivity index is 2.38. The average molecular weight is 478 g/mol. The van der Waals surface area contributed by atoms with Crippen molar-refractivity contribution in [2.24, 2.45) is 5.92 Å². The van der Waals surface area contributed by atoms with E-state index in [9.17, 15) is 22.3 Å². The van der Waals surface area contributed by atoms with Gasteiger partial charge in [0.15, 0.2) is 0 Å². The topological polar surface area (TPSA) is 117 Å². The number of aliphatic hydroxyl groups excluding tert-OH is 1. The van der Waals surface area contributed by atoms with Gasteiger partial charge in [0.05, 0.1) is 18.9 Å². The van der Waals surface area contributed by atoms with Crippen molar-refractivity contribution in [3.63, 3.8) is 0 Å². The van der Waals surface area contributed by atoms with E-state index in [1.54, 1.807) is 6.92 Å². The molecular formula is C19H26ClF2N5O3S. The highest BCUT2D eigenvalue weighted by molar-refractivity contribution is 7.91. The minimum absolute atomic E-state index is 0.000906. The summed E-state index contributed by atoms with van der Waals surface area (Å²) >= 11 is 5.68. The molecule has 2 rings (SSSR count). The lowest BCUT2D eigenvalue weighted by atomic mass is 9.96. The second-order valence-corrected chi connectivity index (χ2v) is 10.00. The number of rotatable bonds is 10. The molecule has 3 N–H and O–H groups in total. The van der Waals surface area contributed by atoms with E-state index in [1.807, 2.05) is 13.8 Å². The SMILES string of the molecule is CC(C)C[C@H](CO)Nc1nc(CC(C)c2c(F)cc(Cl)cc2F)nc(NS(C)(=O)=O)n1. The zero-order valence-electron chi connectivity index (χ0n) is 17.7. The van der Waals surface area contributed by atoms with Crippen LogP contribution in [0.2, 0.25) is 5.02 Å². The maximum atomic E-state index is 14.3. The van der Waals surface area contributed by atoms with Crippen LogP contribution in [0.1, 0.15) is 44.5 Å². The number of nitrogens with zero attached hydrogens (tertiary/aromatic N) is 3. The van der Waals surface area contributed by atoms with Crippen molar-refractivity contribution in [3.8, 4) is 0 Å². The number of hydrogen-bond acceptors (Lipinski definition) is 7. The van der Waals surface area contributed by atoms with Gasteiger partial charge in [-0.25, -0.2) is 17.2 Å². The Labute approximate surface area is 185 Å². The third-order valence-corrected chi connectivity index (χ3v) is 5.06. The number of sulfonamides is 1. The molecule has 2 aromatic rings. The van der Waals surface area contributed by atoms with E-state index < -0.39 is 27.6 Å². The molecule has 0 bridgehead atoms. The Kier molecular flexibility index (Phi) is 8.49. The van der Waals surface area contributed by atoms with E-state index in [-0.39, 0.29) is 53.3 Å². The molecule has 0 spiro atoms. The van der Waals surface area contributed by atoms with Crippen LogP contribution in [-0.2, 0) is 16.4 Å². The molecule has 1 aromatic heterocycles. The average Bonchev–Trinajstić information content (AvgIpc) is 2.57. The van der Waals surface area contributed by atoms with Crippen LogP contribution in [0.25, 0.3) is 0 Å².